The van der Waals surface area contributed by atoms with Crippen LogP contribution in [-0.4, -0.2) is 11.7 Å². The fourth-order valence-electron chi connectivity index (χ4n) is 2.09. The second kappa shape index (κ2) is 3.53. The Morgan fingerprint density at radius 2 is 2.07 bits per heavy atom. The van der Waals surface area contributed by atoms with Gasteiger partial charge < -0.3 is 10.8 Å². The summed E-state index contributed by atoms with van der Waals surface area (Å²) in [4.78, 5) is 0. The number of rotatable bonds is 3. The van der Waals surface area contributed by atoms with Gasteiger partial charge in [-0.1, -0.05) is 26.0 Å². The van der Waals surface area contributed by atoms with Gasteiger partial charge in [0.05, 0.1) is 0 Å². The molecule has 0 aliphatic heterocycles. The van der Waals surface area contributed by atoms with Crippen molar-refractivity contribution in [1.29, 1.82) is 0 Å². The lowest BCUT2D eigenvalue weighted by atomic mass is 9.92. The van der Waals surface area contributed by atoms with Gasteiger partial charge in [-0.3, -0.25) is 0 Å². The van der Waals surface area contributed by atoms with Crippen LogP contribution in [0.4, 0.5) is 0 Å². The van der Waals surface area contributed by atoms with Crippen LogP contribution in [-0.2, 0) is 5.41 Å². The molecule has 0 unspecified atom stereocenters. The van der Waals surface area contributed by atoms with Gasteiger partial charge in [-0.2, -0.15) is 0 Å². The molecule has 1 aromatic rings. The molecular weight excluding hydrogens is 186 g/mol. The van der Waals surface area contributed by atoms with Crippen molar-refractivity contribution in [2.24, 2.45) is 5.73 Å². The number of nitrogens with two attached hydrogens (primary N) is 1. The van der Waals surface area contributed by atoms with Gasteiger partial charge in [-0.05, 0) is 30.4 Å². The van der Waals surface area contributed by atoms with Crippen LogP contribution in [0.3, 0.4) is 0 Å². The van der Waals surface area contributed by atoms with E-state index in [0.29, 0.717) is 18.2 Å². The lowest BCUT2D eigenvalue weighted by Gasteiger charge is -2.16. The first-order chi connectivity index (χ1) is 7.09. The topological polar surface area (TPSA) is 46.2 Å². The van der Waals surface area contributed by atoms with Crippen molar-refractivity contribution in [2.45, 2.75) is 38.0 Å². The fraction of sp³-hybridized carbons (Fsp3) is 0.538. The number of phenols is 1. The third-order valence-corrected chi connectivity index (χ3v) is 3.50. The second-order valence-corrected chi connectivity index (χ2v) is 4.92. The van der Waals surface area contributed by atoms with Gasteiger partial charge in [0.2, 0.25) is 0 Å². The first-order valence-corrected chi connectivity index (χ1v) is 5.62. The maximum absolute atomic E-state index is 9.99. The predicted molar refractivity (Wildman–Crippen MR) is 62.2 cm³/mol. The maximum atomic E-state index is 9.99. The Balaban J connectivity index is 2.35. The summed E-state index contributed by atoms with van der Waals surface area (Å²) in [5, 5.41) is 9.99. The van der Waals surface area contributed by atoms with E-state index in [2.05, 4.69) is 19.9 Å². The molecule has 0 atom stereocenters. The van der Waals surface area contributed by atoms with Crippen LogP contribution < -0.4 is 5.73 Å². The summed E-state index contributed by atoms with van der Waals surface area (Å²) in [6.45, 7) is 4.90. The van der Waals surface area contributed by atoms with Crippen LogP contribution in [0, 0.1) is 0 Å². The van der Waals surface area contributed by atoms with Crippen molar-refractivity contribution >= 4 is 0 Å². The third-order valence-electron chi connectivity index (χ3n) is 3.50. The van der Waals surface area contributed by atoms with E-state index in [0.717, 1.165) is 18.4 Å². The molecule has 1 aliphatic rings. The summed E-state index contributed by atoms with van der Waals surface area (Å²) in [5.74, 6) is 0.877. The van der Waals surface area contributed by atoms with Crippen molar-refractivity contribution in [3.8, 4) is 5.75 Å². The van der Waals surface area contributed by atoms with E-state index < -0.39 is 0 Å². The molecule has 1 aliphatic carbocycles. The van der Waals surface area contributed by atoms with Gasteiger partial charge in [0.25, 0.3) is 0 Å². The highest BCUT2D eigenvalue weighted by Crippen LogP contribution is 2.50. The van der Waals surface area contributed by atoms with Crippen molar-refractivity contribution < 1.29 is 5.11 Å². The molecule has 1 aromatic carbocycles. The molecule has 3 N–H and O–H groups in total. The normalized spacial score (nSPS) is 18.1. The molecule has 1 saturated carbocycles. The van der Waals surface area contributed by atoms with E-state index in [-0.39, 0.29) is 5.41 Å². The monoisotopic (exact) mass is 205 g/mol. The molecule has 0 spiro atoms. The molecule has 0 amide bonds. The van der Waals surface area contributed by atoms with Crippen molar-refractivity contribution in [3.63, 3.8) is 0 Å². The Kier molecular flexibility index (Phi) is 2.47. The van der Waals surface area contributed by atoms with Gasteiger partial charge in [0, 0.05) is 17.5 Å². The second-order valence-electron chi connectivity index (χ2n) is 4.92. The summed E-state index contributed by atoms with van der Waals surface area (Å²) < 4.78 is 0. The first kappa shape index (κ1) is 10.5. The summed E-state index contributed by atoms with van der Waals surface area (Å²) in [6.07, 6.45) is 2.22. The predicted octanol–water partition coefficient (Wildman–Crippen LogP) is 2.51. The van der Waals surface area contributed by atoms with Crippen molar-refractivity contribution in [1.82, 2.24) is 0 Å². The van der Waals surface area contributed by atoms with Gasteiger partial charge >= 0.3 is 0 Å². The van der Waals surface area contributed by atoms with Crippen LogP contribution >= 0.6 is 0 Å². The average molecular weight is 205 g/mol. The minimum Gasteiger partial charge on any atom is -0.508 e. The van der Waals surface area contributed by atoms with Crippen LogP contribution in [0.2, 0.25) is 0 Å². The van der Waals surface area contributed by atoms with Crippen LogP contribution in [0.15, 0.2) is 18.2 Å². The highest BCUT2D eigenvalue weighted by molar-refractivity contribution is 5.45. The molecule has 15 heavy (non-hydrogen) atoms. The zero-order chi connectivity index (χ0) is 11.1. The molecule has 82 valence electrons. The van der Waals surface area contributed by atoms with Crippen LogP contribution in [0.5, 0.6) is 5.75 Å². The van der Waals surface area contributed by atoms with Gasteiger partial charge in [-0.15, -0.1) is 0 Å². The Labute approximate surface area is 91.1 Å². The Morgan fingerprint density at radius 3 is 2.47 bits per heavy atom. The van der Waals surface area contributed by atoms with E-state index >= 15 is 0 Å². The van der Waals surface area contributed by atoms with E-state index in [9.17, 15) is 5.11 Å². The van der Waals surface area contributed by atoms with Gasteiger partial charge in [0.15, 0.2) is 0 Å². The first-order valence-electron chi connectivity index (χ1n) is 5.62. The molecule has 0 saturated heterocycles. The van der Waals surface area contributed by atoms with E-state index in [1.807, 2.05) is 12.1 Å². The molecule has 0 aromatic heterocycles. The Hall–Kier alpha value is -1.02. The average Bonchev–Trinajstić information content (AvgIpc) is 2.98. The van der Waals surface area contributed by atoms with Crippen LogP contribution in [0.25, 0.3) is 0 Å². The minimum absolute atomic E-state index is 0.0829. The summed E-state index contributed by atoms with van der Waals surface area (Å²) in [7, 11) is 0. The van der Waals surface area contributed by atoms with Gasteiger partial charge in [0.1, 0.15) is 5.75 Å². The number of hydrogen-bond donors (Lipinski definition) is 2. The standard InChI is InChI=1S/C13H19NO/c1-9(2)10-3-4-11(12(15)7-10)13(8-14)5-6-13/h3-4,7,9,15H,5-6,8,14H2,1-2H3. The smallest absolute Gasteiger partial charge is 0.119 e. The molecule has 2 nitrogen and oxygen atoms in total. The number of benzene rings is 1. The lowest BCUT2D eigenvalue weighted by molar-refractivity contribution is 0.458. The largest absolute Gasteiger partial charge is 0.508 e. The Morgan fingerprint density at radius 1 is 1.40 bits per heavy atom. The molecule has 0 radical (unpaired) electrons. The minimum atomic E-state index is 0.0829. The van der Waals surface area contributed by atoms with Gasteiger partial charge in [-0.25, -0.2) is 0 Å². The summed E-state index contributed by atoms with van der Waals surface area (Å²) in [6, 6.07) is 6.04. The van der Waals surface area contributed by atoms with Crippen LogP contribution in [0.1, 0.15) is 43.7 Å². The summed E-state index contributed by atoms with van der Waals surface area (Å²) >= 11 is 0. The Bertz CT molecular complexity index is 367. The molecule has 0 heterocycles. The van der Waals surface area contributed by atoms with E-state index in [1.165, 1.54) is 5.56 Å². The molecular formula is C13H19NO. The zero-order valence-electron chi connectivity index (χ0n) is 9.46. The highest BCUT2D eigenvalue weighted by Gasteiger charge is 2.44. The summed E-state index contributed by atoms with van der Waals surface area (Å²) in [5.41, 5.74) is 8.06. The van der Waals surface area contributed by atoms with Crippen molar-refractivity contribution in [3.05, 3.63) is 29.3 Å². The third kappa shape index (κ3) is 1.74. The number of phenolic OH excluding ortho intramolecular Hbond substituents is 1. The maximum Gasteiger partial charge on any atom is 0.119 e. The molecule has 2 heteroatoms. The lowest BCUT2D eigenvalue weighted by Crippen LogP contribution is -2.19. The molecule has 1 fully saturated rings. The number of hydrogen-bond acceptors (Lipinski definition) is 2. The quantitative estimate of drug-likeness (QED) is 0.796. The fourth-order valence-corrected chi connectivity index (χ4v) is 2.09. The zero-order valence-corrected chi connectivity index (χ0v) is 9.46. The van der Waals surface area contributed by atoms with Crippen molar-refractivity contribution in [2.75, 3.05) is 6.54 Å². The van der Waals surface area contributed by atoms with E-state index in [4.69, 9.17) is 5.73 Å². The molecule has 0 bridgehead atoms. The SMILES string of the molecule is CC(C)c1ccc(C2(CN)CC2)c(O)c1. The highest BCUT2D eigenvalue weighted by atomic mass is 16.3. The molecule has 2 rings (SSSR count). The van der Waals surface area contributed by atoms with E-state index in [1.54, 1.807) is 0 Å². The number of aromatic hydroxyl groups is 1.